The minimum absolute atomic E-state index is 0.0207. The molecule has 5 heteroatoms. The standard InChI is InChI=1S/C26H29NO4/c1-5-17-10-6-9-16(2)25(17)27-20-12-8-13-21(28)24(20)19(15-23(27)29)18-11-7-14-22(30-3)26(18)31-4/h6-7,9-11,14,19H,5,8,12-13,15H2,1-4H3. The van der Waals surface area contributed by atoms with Gasteiger partial charge in [-0.25, -0.2) is 0 Å². The van der Waals surface area contributed by atoms with E-state index in [1.807, 2.05) is 42.2 Å². The molecule has 2 aliphatic rings. The lowest BCUT2D eigenvalue weighted by atomic mass is 9.76. The first-order valence-electron chi connectivity index (χ1n) is 10.9. The van der Waals surface area contributed by atoms with Gasteiger partial charge in [0.2, 0.25) is 5.91 Å². The highest BCUT2D eigenvalue weighted by Crippen LogP contribution is 2.48. The molecule has 0 spiro atoms. The van der Waals surface area contributed by atoms with E-state index in [2.05, 4.69) is 13.0 Å². The molecular formula is C26H29NO4. The minimum atomic E-state index is -0.328. The number of aryl methyl sites for hydroxylation is 2. The summed E-state index contributed by atoms with van der Waals surface area (Å²) in [6, 6.07) is 11.8. The van der Waals surface area contributed by atoms with Crippen LogP contribution in [0, 0.1) is 6.92 Å². The predicted molar refractivity (Wildman–Crippen MR) is 121 cm³/mol. The summed E-state index contributed by atoms with van der Waals surface area (Å²) in [5.74, 6) is 1.01. The SMILES string of the molecule is CCc1cccc(C)c1N1C(=O)CC(c2cccc(OC)c2OC)C2=C1CCCC2=O. The van der Waals surface area contributed by atoms with E-state index >= 15 is 0 Å². The third kappa shape index (κ3) is 3.52. The number of carbonyl (C=O) groups excluding carboxylic acids is 2. The Hall–Kier alpha value is -3.08. The van der Waals surface area contributed by atoms with Crippen molar-refractivity contribution in [2.24, 2.45) is 0 Å². The van der Waals surface area contributed by atoms with Crippen molar-refractivity contribution >= 4 is 17.4 Å². The fourth-order valence-electron chi connectivity index (χ4n) is 5.03. The topological polar surface area (TPSA) is 55.8 Å². The zero-order chi connectivity index (χ0) is 22.1. The first kappa shape index (κ1) is 21.2. The smallest absolute Gasteiger partial charge is 0.232 e. The maximum atomic E-state index is 13.6. The van der Waals surface area contributed by atoms with Gasteiger partial charge in [-0.15, -0.1) is 0 Å². The molecule has 31 heavy (non-hydrogen) atoms. The van der Waals surface area contributed by atoms with E-state index in [1.54, 1.807) is 14.2 Å². The number of nitrogens with zero attached hydrogens (tertiary/aromatic N) is 1. The Balaban J connectivity index is 1.94. The van der Waals surface area contributed by atoms with Crippen molar-refractivity contribution in [3.63, 3.8) is 0 Å². The van der Waals surface area contributed by atoms with E-state index in [0.29, 0.717) is 24.3 Å². The lowest BCUT2D eigenvalue weighted by molar-refractivity contribution is -0.120. The van der Waals surface area contributed by atoms with Crippen molar-refractivity contribution in [1.82, 2.24) is 0 Å². The van der Waals surface area contributed by atoms with Crippen LogP contribution in [0.1, 0.15) is 55.2 Å². The van der Waals surface area contributed by atoms with Crippen LogP contribution in [0.5, 0.6) is 11.5 Å². The van der Waals surface area contributed by atoms with Gasteiger partial charge in [0.05, 0.1) is 19.9 Å². The number of ketones is 1. The van der Waals surface area contributed by atoms with Crippen LogP contribution in [0.2, 0.25) is 0 Å². The minimum Gasteiger partial charge on any atom is -0.493 e. The number of amides is 1. The van der Waals surface area contributed by atoms with Crippen molar-refractivity contribution in [1.29, 1.82) is 0 Å². The second kappa shape index (κ2) is 8.58. The zero-order valence-electron chi connectivity index (χ0n) is 18.7. The lowest BCUT2D eigenvalue weighted by Gasteiger charge is -2.40. The highest BCUT2D eigenvalue weighted by molar-refractivity contribution is 6.08. The Labute approximate surface area is 183 Å². The van der Waals surface area contributed by atoms with E-state index in [0.717, 1.165) is 46.5 Å². The molecule has 1 aliphatic carbocycles. The number of para-hydroxylation sites is 2. The average molecular weight is 420 g/mol. The van der Waals surface area contributed by atoms with E-state index < -0.39 is 0 Å². The van der Waals surface area contributed by atoms with Crippen LogP contribution in [0.25, 0.3) is 0 Å². The van der Waals surface area contributed by atoms with Gasteiger partial charge in [-0.05, 0) is 43.4 Å². The summed E-state index contributed by atoms with van der Waals surface area (Å²) < 4.78 is 11.1. The normalized spacial score (nSPS) is 18.8. The number of hydrogen-bond donors (Lipinski definition) is 0. The molecule has 0 saturated carbocycles. The number of Topliss-reactive ketones (excluding diaryl/α,β-unsaturated/α-hetero) is 1. The Morgan fingerprint density at radius 1 is 1.03 bits per heavy atom. The molecule has 0 N–H and O–H groups in total. The number of methoxy groups -OCH3 is 2. The molecule has 1 heterocycles. The van der Waals surface area contributed by atoms with Gasteiger partial charge in [0.1, 0.15) is 0 Å². The molecule has 0 bridgehead atoms. The van der Waals surface area contributed by atoms with Gasteiger partial charge in [-0.3, -0.25) is 14.5 Å². The first-order valence-corrected chi connectivity index (χ1v) is 10.9. The van der Waals surface area contributed by atoms with Gasteiger partial charge in [0.15, 0.2) is 17.3 Å². The molecule has 0 fully saturated rings. The second-order valence-corrected chi connectivity index (χ2v) is 8.14. The van der Waals surface area contributed by atoms with Crippen LogP contribution in [0.4, 0.5) is 5.69 Å². The summed E-state index contributed by atoms with van der Waals surface area (Å²) in [5, 5.41) is 0. The Morgan fingerprint density at radius 3 is 2.52 bits per heavy atom. The van der Waals surface area contributed by atoms with Crippen molar-refractivity contribution in [3.8, 4) is 11.5 Å². The van der Waals surface area contributed by atoms with Crippen molar-refractivity contribution < 1.29 is 19.1 Å². The summed E-state index contributed by atoms with van der Waals surface area (Å²) in [6.45, 7) is 4.13. The third-order valence-corrected chi connectivity index (χ3v) is 6.41. The number of carbonyl (C=O) groups is 2. The summed E-state index contributed by atoms with van der Waals surface area (Å²) in [6.07, 6.45) is 3.04. The van der Waals surface area contributed by atoms with Crippen LogP contribution in [-0.2, 0) is 16.0 Å². The summed E-state index contributed by atoms with van der Waals surface area (Å²) >= 11 is 0. The molecule has 1 atom stereocenters. The molecule has 5 nitrogen and oxygen atoms in total. The van der Waals surface area contributed by atoms with Crippen molar-refractivity contribution in [2.75, 3.05) is 19.1 Å². The van der Waals surface area contributed by atoms with Crippen LogP contribution in [0.15, 0.2) is 47.7 Å². The number of anilines is 1. The van der Waals surface area contributed by atoms with Crippen LogP contribution < -0.4 is 14.4 Å². The van der Waals surface area contributed by atoms with Crippen LogP contribution >= 0.6 is 0 Å². The Morgan fingerprint density at radius 2 is 1.81 bits per heavy atom. The highest BCUT2D eigenvalue weighted by Gasteiger charge is 2.41. The van der Waals surface area contributed by atoms with Crippen molar-refractivity contribution in [2.45, 2.75) is 51.9 Å². The van der Waals surface area contributed by atoms with E-state index in [1.165, 1.54) is 0 Å². The lowest BCUT2D eigenvalue weighted by Crippen LogP contribution is -2.41. The molecular weight excluding hydrogens is 390 g/mol. The molecule has 1 aliphatic heterocycles. The maximum Gasteiger partial charge on any atom is 0.232 e. The average Bonchev–Trinajstić information content (AvgIpc) is 2.78. The molecule has 2 aromatic rings. The third-order valence-electron chi connectivity index (χ3n) is 6.41. The van der Waals surface area contributed by atoms with Gasteiger partial charge in [0, 0.05) is 35.6 Å². The number of ether oxygens (including phenoxy) is 2. The number of allylic oxidation sites excluding steroid dienone is 2. The molecule has 1 unspecified atom stereocenters. The first-order chi connectivity index (χ1) is 15.0. The Bertz CT molecular complexity index is 1070. The number of rotatable bonds is 5. The fourth-order valence-corrected chi connectivity index (χ4v) is 5.03. The van der Waals surface area contributed by atoms with Crippen LogP contribution in [0.3, 0.4) is 0 Å². The van der Waals surface area contributed by atoms with Gasteiger partial charge >= 0.3 is 0 Å². The summed E-state index contributed by atoms with van der Waals surface area (Å²) in [7, 11) is 3.19. The quantitative estimate of drug-likeness (QED) is 0.676. The molecule has 4 rings (SSSR count). The molecule has 0 radical (unpaired) electrons. The molecule has 1 amide bonds. The second-order valence-electron chi connectivity index (χ2n) is 8.14. The highest BCUT2D eigenvalue weighted by atomic mass is 16.5. The molecule has 2 aromatic carbocycles. The number of benzene rings is 2. The monoisotopic (exact) mass is 419 g/mol. The molecule has 0 saturated heterocycles. The van der Waals surface area contributed by atoms with E-state index in [4.69, 9.17) is 9.47 Å². The van der Waals surface area contributed by atoms with Gasteiger partial charge < -0.3 is 9.47 Å². The van der Waals surface area contributed by atoms with Crippen molar-refractivity contribution in [3.05, 3.63) is 64.4 Å². The fraction of sp³-hybridized carbons (Fsp3) is 0.385. The van der Waals surface area contributed by atoms with E-state index in [-0.39, 0.29) is 24.0 Å². The predicted octanol–water partition coefficient (Wildman–Crippen LogP) is 5.10. The Kier molecular flexibility index (Phi) is 5.86. The van der Waals surface area contributed by atoms with Crippen LogP contribution in [-0.4, -0.2) is 25.9 Å². The molecule has 0 aromatic heterocycles. The van der Waals surface area contributed by atoms with E-state index in [9.17, 15) is 9.59 Å². The molecule has 162 valence electrons. The van der Waals surface area contributed by atoms with Gasteiger partial charge in [-0.2, -0.15) is 0 Å². The van der Waals surface area contributed by atoms with Gasteiger partial charge in [-0.1, -0.05) is 37.3 Å². The maximum absolute atomic E-state index is 13.6. The number of hydrogen-bond acceptors (Lipinski definition) is 4. The summed E-state index contributed by atoms with van der Waals surface area (Å²) in [4.78, 5) is 28.7. The summed E-state index contributed by atoms with van der Waals surface area (Å²) in [5.41, 5.74) is 5.55. The largest absolute Gasteiger partial charge is 0.493 e. The van der Waals surface area contributed by atoms with Gasteiger partial charge in [0.25, 0.3) is 0 Å². The zero-order valence-corrected chi connectivity index (χ0v) is 18.7.